The Hall–Kier alpha value is -1.67. The molecule has 0 aromatic heterocycles. The molecule has 0 aliphatic heterocycles. The Morgan fingerprint density at radius 3 is 2.00 bits per heavy atom. The zero-order valence-electron chi connectivity index (χ0n) is 13.4. The molecule has 3 nitrogen and oxygen atoms in total. The average Bonchev–Trinajstić information content (AvgIpc) is 2.55. The van der Waals surface area contributed by atoms with Gasteiger partial charge in [-0.2, -0.15) is 13.2 Å². The molecule has 0 unspecified atom stereocenters. The molecule has 0 spiro atoms. The molecule has 130 valence electrons. The van der Waals surface area contributed by atoms with Crippen LogP contribution < -0.4 is 5.19 Å². The minimum absolute atomic E-state index is 0.304. The van der Waals surface area contributed by atoms with Gasteiger partial charge in [-0.05, 0) is 37.1 Å². The third-order valence-corrected chi connectivity index (χ3v) is 5.88. The van der Waals surface area contributed by atoms with Crippen molar-refractivity contribution in [3.63, 3.8) is 0 Å². The Labute approximate surface area is 140 Å². The van der Waals surface area contributed by atoms with E-state index in [1.807, 2.05) is 0 Å². The van der Waals surface area contributed by atoms with Crippen LogP contribution in [-0.2, 0) is 15.0 Å². The van der Waals surface area contributed by atoms with Gasteiger partial charge in [-0.15, -0.1) is 0 Å². The molecule has 0 saturated carbocycles. The van der Waals surface area contributed by atoms with Crippen molar-refractivity contribution in [3.8, 4) is 11.1 Å². The van der Waals surface area contributed by atoms with E-state index in [1.54, 1.807) is 44.2 Å². The van der Waals surface area contributed by atoms with Gasteiger partial charge in [0.05, 0.1) is 5.56 Å². The second-order valence-electron chi connectivity index (χ2n) is 5.10. The fourth-order valence-corrected chi connectivity index (χ4v) is 4.14. The van der Waals surface area contributed by atoms with Crippen LogP contribution in [0.15, 0.2) is 48.5 Å². The van der Waals surface area contributed by atoms with E-state index in [0.29, 0.717) is 29.5 Å². The Bertz CT molecular complexity index is 666. The van der Waals surface area contributed by atoms with Gasteiger partial charge in [0.25, 0.3) is 0 Å². The number of alkyl halides is 3. The smallest absolute Gasteiger partial charge is 0.386 e. The molecule has 24 heavy (non-hydrogen) atoms. The maximum atomic E-state index is 12.8. The maximum absolute atomic E-state index is 12.8. The fraction of sp³-hybridized carbons (Fsp3) is 0.294. The van der Waals surface area contributed by atoms with Gasteiger partial charge in [-0.3, -0.25) is 0 Å². The van der Waals surface area contributed by atoms with Crippen LogP contribution in [-0.4, -0.2) is 26.8 Å². The Kier molecular flexibility index (Phi) is 5.82. The van der Waals surface area contributed by atoms with Gasteiger partial charge in [0.2, 0.25) is 0 Å². The van der Waals surface area contributed by atoms with Crippen LogP contribution in [0.25, 0.3) is 11.1 Å². The van der Waals surface area contributed by atoms with Crippen LogP contribution in [0.4, 0.5) is 13.2 Å². The lowest BCUT2D eigenvalue weighted by atomic mass is 10.0. The van der Waals surface area contributed by atoms with Crippen molar-refractivity contribution in [2.24, 2.45) is 0 Å². The van der Waals surface area contributed by atoms with Gasteiger partial charge in [-0.25, -0.2) is 0 Å². The first kappa shape index (κ1) is 18.7. The first-order valence-electron chi connectivity index (χ1n) is 7.58. The third-order valence-electron chi connectivity index (χ3n) is 3.45. The minimum atomic E-state index is -4.38. The monoisotopic (exact) mass is 356 g/mol. The lowest BCUT2D eigenvalue weighted by molar-refractivity contribution is -0.137. The van der Waals surface area contributed by atoms with Crippen LogP contribution >= 0.6 is 0 Å². The molecular weight excluding hydrogens is 337 g/mol. The summed E-state index contributed by atoms with van der Waals surface area (Å²) in [4.78, 5) is 10.5. The molecule has 1 N–H and O–H groups in total. The Balaban J connectivity index is 2.32. The fourth-order valence-electron chi connectivity index (χ4n) is 2.35. The van der Waals surface area contributed by atoms with Crippen molar-refractivity contribution in [2.45, 2.75) is 20.0 Å². The maximum Gasteiger partial charge on any atom is 0.534 e. The van der Waals surface area contributed by atoms with E-state index >= 15 is 0 Å². The van der Waals surface area contributed by atoms with Gasteiger partial charge in [0.15, 0.2) is 0 Å². The molecular formula is C17H19F3O3Si. The highest BCUT2D eigenvalue weighted by Gasteiger charge is 2.39. The summed E-state index contributed by atoms with van der Waals surface area (Å²) in [5.41, 5.74) is 0.377. The summed E-state index contributed by atoms with van der Waals surface area (Å²) in [5.74, 6) is 0. The van der Waals surface area contributed by atoms with Crippen LogP contribution in [0.2, 0.25) is 0 Å². The summed E-state index contributed by atoms with van der Waals surface area (Å²) < 4.78 is 49.2. The van der Waals surface area contributed by atoms with Crippen LogP contribution in [0.3, 0.4) is 0 Å². The molecule has 0 radical (unpaired) electrons. The van der Waals surface area contributed by atoms with E-state index in [9.17, 15) is 18.0 Å². The Morgan fingerprint density at radius 1 is 0.917 bits per heavy atom. The molecule has 2 aromatic rings. The standard InChI is InChI=1S/C17H19F3O3Si/c1-3-22-24(21,23-4-2)16-10-8-13(9-11-16)14-6-5-7-15(12-14)17(18,19)20/h5-12,21H,3-4H2,1-2H3. The highest BCUT2D eigenvalue weighted by molar-refractivity contribution is 6.74. The highest BCUT2D eigenvalue weighted by atomic mass is 28.4. The summed E-state index contributed by atoms with van der Waals surface area (Å²) in [7, 11) is -3.47. The molecule has 7 heteroatoms. The number of hydrogen-bond donors (Lipinski definition) is 1. The molecule has 0 heterocycles. The van der Waals surface area contributed by atoms with Crippen molar-refractivity contribution >= 4 is 14.0 Å². The van der Waals surface area contributed by atoms with E-state index in [4.69, 9.17) is 8.85 Å². The molecule has 0 saturated heterocycles. The van der Waals surface area contributed by atoms with Gasteiger partial charge in [0.1, 0.15) is 0 Å². The topological polar surface area (TPSA) is 38.7 Å². The zero-order chi connectivity index (χ0) is 17.8. The average molecular weight is 356 g/mol. The van der Waals surface area contributed by atoms with Crippen molar-refractivity contribution in [1.82, 2.24) is 0 Å². The summed E-state index contributed by atoms with van der Waals surface area (Å²) in [5, 5.41) is 0.516. The van der Waals surface area contributed by atoms with Gasteiger partial charge in [0, 0.05) is 18.4 Å². The summed E-state index contributed by atoms with van der Waals surface area (Å²) in [6.45, 7) is 4.12. The van der Waals surface area contributed by atoms with Crippen LogP contribution in [0, 0.1) is 0 Å². The molecule has 2 aromatic carbocycles. The van der Waals surface area contributed by atoms with E-state index in [1.165, 1.54) is 6.07 Å². The first-order chi connectivity index (χ1) is 11.3. The van der Waals surface area contributed by atoms with E-state index in [0.717, 1.165) is 12.1 Å². The van der Waals surface area contributed by atoms with Crippen molar-refractivity contribution < 1.29 is 26.8 Å². The zero-order valence-corrected chi connectivity index (χ0v) is 14.4. The van der Waals surface area contributed by atoms with E-state index < -0.39 is 20.5 Å². The number of hydrogen-bond acceptors (Lipinski definition) is 3. The van der Waals surface area contributed by atoms with Gasteiger partial charge >= 0.3 is 15.0 Å². The first-order valence-corrected chi connectivity index (χ1v) is 9.35. The molecule has 0 aliphatic carbocycles. The number of benzene rings is 2. The lowest BCUT2D eigenvalue weighted by Crippen LogP contribution is -2.54. The lowest BCUT2D eigenvalue weighted by Gasteiger charge is -2.23. The second-order valence-corrected chi connectivity index (χ2v) is 7.42. The number of rotatable bonds is 6. The van der Waals surface area contributed by atoms with Crippen LogP contribution in [0.5, 0.6) is 0 Å². The van der Waals surface area contributed by atoms with E-state index in [2.05, 4.69) is 0 Å². The normalized spacial score (nSPS) is 12.4. The summed E-state index contributed by atoms with van der Waals surface area (Å²) >= 11 is 0. The van der Waals surface area contributed by atoms with Crippen molar-refractivity contribution in [3.05, 3.63) is 54.1 Å². The molecule has 0 bridgehead atoms. The van der Waals surface area contributed by atoms with E-state index in [-0.39, 0.29) is 0 Å². The predicted molar refractivity (Wildman–Crippen MR) is 87.7 cm³/mol. The molecule has 0 atom stereocenters. The van der Waals surface area contributed by atoms with Gasteiger partial charge in [-0.1, -0.05) is 36.4 Å². The number of halogens is 3. The summed E-state index contributed by atoms with van der Waals surface area (Å²) in [6.07, 6.45) is -4.38. The molecule has 2 rings (SSSR count). The minimum Gasteiger partial charge on any atom is -0.386 e. The molecule has 0 fully saturated rings. The second kappa shape index (κ2) is 7.48. The molecule has 0 aliphatic rings. The predicted octanol–water partition coefficient (Wildman–Crippen LogP) is 3.58. The van der Waals surface area contributed by atoms with Gasteiger partial charge < -0.3 is 13.6 Å². The molecule has 0 amide bonds. The van der Waals surface area contributed by atoms with Crippen molar-refractivity contribution in [1.29, 1.82) is 0 Å². The largest absolute Gasteiger partial charge is 0.534 e. The summed E-state index contributed by atoms with van der Waals surface area (Å²) in [6, 6.07) is 11.7. The quantitative estimate of drug-likeness (QED) is 0.804. The SMILES string of the molecule is CCO[Si](O)(OCC)c1ccc(-c2cccc(C(F)(F)F)c2)cc1. The van der Waals surface area contributed by atoms with Crippen LogP contribution in [0.1, 0.15) is 19.4 Å². The van der Waals surface area contributed by atoms with Crippen molar-refractivity contribution in [2.75, 3.05) is 13.2 Å². The highest BCUT2D eigenvalue weighted by Crippen LogP contribution is 2.32. The Morgan fingerprint density at radius 2 is 1.50 bits per heavy atom. The third kappa shape index (κ3) is 4.24.